The summed E-state index contributed by atoms with van der Waals surface area (Å²) in [5.41, 5.74) is 2.44. The highest BCUT2D eigenvalue weighted by Gasteiger charge is 2.11. The molecule has 0 saturated heterocycles. The number of ether oxygens (including phenoxy) is 1. The van der Waals surface area contributed by atoms with Gasteiger partial charge in [0.05, 0.1) is 6.61 Å². The lowest BCUT2D eigenvalue weighted by atomic mass is 10.1. The van der Waals surface area contributed by atoms with Crippen LogP contribution in [0.5, 0.6) is 5.75 Å². The molecule has 0 amide bonds. The average Bonchev–Trinajstić information content (AvgIpc) is 3.27. The van der Waals surface area contributed by atoms with Gasteiger partial charge in [0.1, 0.15) is 11.6 Å². The van der Waals surface area contributed by atoms with Crippen LogP contribution in [0.25, 0.3) is 0 Å². The molecule has 3 rings (SSSR count). The number of tetrazole rings is 1. The number of imidazole rings is 1. The molecule has 27 heavy (non-hydrogen) atoms. The SMILES string of the molecule is Cc1c(Cn2ccnc2C(C)C)cccc1OCCCSc1nnnn1C. The molecule has 0 atom stereocenters. The maximum absolute atomic E-state index is 6.03. The number of rotatable bonds is 9. The second-order valence-electron chi connectivity index (χ2n) is 6.74. The first kappa shape index (κ1) is 19.4. The fraction of sp³-hybridized carbons (Fsp3) is 0.474. The van der Waals surface area contributed by atoms with Gasteiger partial charge in [0.2, 0.25) is 5.16 Å². The van der Waals surface area contributed by atoms with Crippen molar-refractivity contribution in [1.29, 1.82) is 0 Å². The molecule has 2 heterocycles. The first-order chi connectivity index (χ1) is 13.1. The Kier molecular flexibility index (Phi) is 6.49. The van der Waals surface area contributed by atoms with Crippen LogP contribution in [0.15, 0.2) is 35.7 Å². The average molecular weight is 387 g/mol. The lowest BCUT2D eigenvalue weighted by Crippen LogP contribution is -2.08. The number of aryl methyl sites for hydroxylation is 1. The molecule has 0 fully saturated rings. The van der Waals surface area contributed by atoms with Crippen molar-refractivity contribution in [2.45, 2.75) is 44.8 Å². The van der Waals surface area contributed by atoms with Crippen molar-refractivity contribution in [2.75, 3.05) is 12.4 Å². The highest BCUT2D eigenvalue weighted by Crippen LogP contribution is 2.24. The van der Waals surface area contributed by atoms with Gasteiger partial charge in [0.25, 0.3) is 0 Å². The molecule has 144 valence electrons. The number of hydrogen-bond acceptors (Lipinski definition) is 6. The quantitative estimate of drug-likeness (QED) is 0.414. The molecule has 0 spiro atoms. The Morgan fingerprint density at radius 3 is 2.85 bits per heavy atom. The van der Waals surface area contributed by atoms with Gasteiger partial charge in [0, 0.05) is 37.7 Å². The van der Waals surface area contributed by atoms with Crippen LogP contribution in [-0.4, -0.2) is 42.1 Å². The molecule has 0 aliphatic rings. The Labute approximate surface area is 164 Å². The first-order valence-electron chi connectivity index (χ1n) is 9.13. The van der Waals surface area contributed by atoms with E-state index in [1.165, 1.54) is 11.1 Å². The van der Waals surface area contributed by atoms with E-state index in [1.54, 1.807) is 16.4 Å². The van der Waals surface area contributed by atoms with E-state index in [4.69, 9.17) is 4.74 Å². The van der Waals surface area contributed by atoms with E-state index in [0.29, 0.717) is 12.5 Å². The highest BCUT2D eigenvalue weighted by molar-refractivity contribution is 7.99. The summed E-state index contributed by atoms with van der Waals surface area (Å²) in [4.78, 5) is 4.47. The number of nitrogens with zero attached hydrogens (tertiary/aromatic N) is 6. The molecule has 1 aromatic carbocycles. The largest absolute Gasteiger partial charge is 0.493 e. The number of hydrogen-bond donors (Lipinski definition) is 0. The van der Waals surface area contributed by atoms with Crippen LogP contribution in [0, 0.1) is 6.92 Å². The molecule has 0 saturated carbocycles. The van der Waals surface area contributed by atoms with E-state index in [0.717, 1.165) is 35.4 Å². The summed E-state index contributed by atoms with van der Waals surface area (Å²) >= 11 is 1.64. The maximum atomic E-state index is 6.03. The smallest absolute Gasteiger partial charge is 0.209 e. The second kappa shape index (κ2) is 9.03. The molecule has 0 aliphatic heterocycles. The minimum absolute atomic E-state index is 0.404. The Morgan fingerprint density at radius 1 is 1.26 bits per heavy atom. The summed E-state index contributed by atoms with van der Waals surface area (Å²) in [6.07, 6.45) is 4.84. The third kappa shape index (κ3) is 4.88. The highest BCUT2D eigenvalue weighted by atomic mass is 32.2. The molecule has 0 radical (unpaired) electrons. The number of benzene rings is 1. The zero-order chi connectivity index (χ0) is 19.2. The van der Waals surface area contributed by atoms with Crippen LogP contribution < -0.4 is 4.74 Å². The molecule has 0 N–H and O–H groups in total. The zero-order valence-electron chi connectivity index (χ0n) is 16.3. The Balaban J connectivity index is 1.55. The molecule has 7 nitrogen and oxygen atoms in total. The van der Waals surface area contributed by atoms with Crippen LogP contribution in [0.3, 0.4) is 0 Å². The van der Waals surface area contributed by atoms with Crippen molar-refractivity contribution >= 4 is 11.8 Å². The summed E-state index contributed by atoms with van der Waals surface area (Å²) < 4.78 is 9.92. The standard InChI is InChI=1S/C19H26N6OS/c1-14(2)18-20-9-10-25(18)13-16-7-5-8-17(15(16)3)26-11-6-12-27-19-21-22-23-24(19)4/h5,7-10,14H,6,11-13H2,1-4H3. The lowest BCUT2D eigenvalue weighted by molar-refractivity contribution is 0.316. The Bertz CT molecular complexity index is 873. The van der Waals surface area contributed by atoms with Crippen molar-refractivity contribution in [3.8, 4) is 5.75 Å². The van der Waals surface area contributed by atoms with Crippen molar-refractivity contribution in [3.05, 3.63) is 47.5 Å². The monoisotopic (exact) mass is 386 g/mol. The zero-order valence-corrected chi connectivity index (χ0v) is 17.1. The van der Waals surface area contributed by atoms with Gasteiger partial charge in [-0.05, 0) is 41.0 Å². The van der Waals surface area contributed by atoms with E-state index >= 15 is 0 Å². The van der Waals surface area contributed by atoms with E-state index < -0.39 is 0 Å². The molecule has 2 aromatic heterocycles. The number of thioether (sulfide) groups is 1. The van der Waals surface area contributed by atoms with Crippen molar-refractivity contribution in [1.82, 2.24) is 29.8 Å². The molecule has 0 unspecified atom stereocenters. The first-order valence-corrected chi connectivity index (χ1v) is 10.1. The summed E-state index contributed by atoms with van der Waals surface area (Å²) in [6, 6.07) is 6.25. The third-order valence-electron chi connectivity index (χ3n) is 4.36. The summed E-state index contributed by atoms with van der Waals surface area (Å²) in [6.45, 7) is 7.94. The fourth-order valence-corrected chi connectivity index (χ4v) is 3.64. The van der Waals surface area contributed by atoms with Crippen LogP contribution in [0.2, 0.25) is 0 Å². The van der Waals surface area contributed by atoms with E-state index in [2.05, 4.69) is 58.0 Å². The van der Waals surface area contributed by atoms with Crippen LogP contribution in [0.1, 0.15) is 43.1 Å². The van der Waals surface area contributed by atoms with Gasteiger partial charge >= 0.3 is 0 Å². The van der Waals surface area contributed by atoms with Gasteiger partial charge in [0.15, 0.2) is 0 Å². The predicted octanol–water partition coefficient (Wildman–Crippen LogP) is 3.45. The molecule has 0 aliphatic carbocycles. The van der Waals surface area contributed by atoms with Gasteiger partial charge in [-0.25, -0.2) is 9.67 Å². The topological polar surface area (TPSA) is 70.7 Å². The molecule has 3 aromatic rings. The van der Waals surface area contributed by atoms with Crippen molar-refractivity contribution in [3.63, 3.8) is 0 Å². The van der Waals surface area contributed by atoms with Crippen molar-refractivity contribution < 1.29 is 4.74 Å². The molecule has 8 heteroatoms. The summed E-state index contributed by atoms with van der Waals surface area (Å²) in [5, 5.41) is 12.3. The lowest BCUT2D eigenvalue weighted by Gasteiger charge is -2.15. The third-order valence-corrected chi connectivity index (χ3v) is 5.46. The van der Waals surface area contributed by atoms with E-state index in [-0.39, 0.29) is 0 Å². The molecule has 0 bridgehead atoms. The molecular formula is C19H26N6OS. The van der Waals surface area contributed by atoms with Crippen LogP contribution in [0.4, 0.5) is 0 Å². The van der Waals surface area contributed by atoms with Crippen molar-refractivity contribution in [2.24, 2.45) is 7.05 Å². The Hall–Kier alpha value is -2.35. The van der Waals surface area contributed by atoms with Gasteiger partial charge < -0.3 is 9.30 Å². The fourth-order valence-electron chi connectivity index (χ4n) is 2.87. The number of aromatic nitrogens is 6. The summed E-state index contributed by atoms with van der Waals surface area (Å²) in [7, 11) is 1.85. The van der Waals surface area contributed by atoms with Crippen LogP contribution >= 0.6 is 11.8 Å². The minimum atomic E-state index is 0.404. The van der Waals surface area contributed by atoms with Crippen LogP contribution in [-0.2, 0) is 13.6 Å². The second-order valence-corrected chi connectivity index (χ2v) is 7.81. The Morgan fingerprint density at radius 2 is 2.11 bits per heavy atom. The van der Waals surface area contributed by atoms with Gasteiger partial charge in [-0.3, -0.25) is 0 Å². The van der Waals surface area contributed by atoms with E-state index in [1.807, 2.05) is 25.5 Å². The maximum Gasteiger partial charge on any atom is 0.209 e. The van der Waals surface area contributed by atoms with E-state index in [9.17, 15) is 0 Å². The van der Waals surface area contributed by atoms with Gasteiger partial charge in [-0.1, -0.05) is 37.7 Å². The van der Waals surface area contributed by atoms with Gasteiger partial charge in [-0.2, -0.15) is 0 Å². The normalized spacial score (nSPS) is 11.3. The molecular weight excluding hydrogens is 360 g/mol. The summed E-state index contributed by atoms with van der Waals surface area (Å²) in [5.74, 6) is 3.38. The van der Waals surface area contributed by atoms with Gasteiger partial charge in [-0.15, -0.1) is 5.10 Å². The predicted molar refractivity (Wildman–Crippen MR) is 106 cm³/mol. The minimum Gasteiger partial charge on any atom is -0.493 e.